The Hall–Kier alpha value is -1.91. The van der Waals surface area contributed by atoms with Gasteiger partial charge in [-0.2, -0.15) is 0 Å². The predicted molar refractivity (Wildman–Crippen MR) is 70.3 cm³/mol. The van der Waals surface area contributed by atoms with Crippen LogP contribution < -0.4 is 0 Å². The third kappa shape index (κ3) is 3.35. The van der Waals surface area contributed by atoms with E-state index >= 15 is 0 Å². The molecule has 106 valence electrons. The van der Waals surface area contributed by atoms with E-state index in [-0.39, 0.29) is 11.3 Å². The van der Waals surface area contributed by atoms with E-state index in [1.807, 2.05) is 0 Å². The van der Waals surface area contributed by atoms with Gasteiger partial charge in [-0.15, -0.1) is 0 Å². The highest BCUT2D eigenvalue weighted by molar-refractivity contribution is 6.01. The second kappa shape index (κ2) is 5.61. The maximum atomic E-state index is 12.0. The summed E-state index contributed by atoms with van der Waals surface area (Å²) in [6.07, 6.45) is 5.90. The van der Waals surface area contributed by atoms with E-state index in [1.165, 1.54) is 6.20 Å². The molecule has 5 nitrogen and oxygen atoms in total. The first kappa shape index (κ1) is 13.1. The molecule has 0 aromatic carbocycles. The Balaban J connectivity index is 1.65. The van der Waals surface area contributed by atoms with Crippen molar-refractivity contribution in [3.8, 4) is 0 Å². The Morgan fingerprint density at radius 3 is 2.25 bits per heavy atom. The normalized spacial score (nSPS) is 17.6. The minimum atomic E-state index is -0.545. The topological polar surface area (TPSA) is 65.5 Å². The van der Waals surface area contributed by atoms with Crippen molar-refractivity contribution >= 4 is 11.9 Å². The van der Waals surface area contributed by atoms with Crippen molar-refractivity contribution in [2.45, 2.75) is 25.7 Å². The smallest absolute Gasteiger partial charge is 0.357 e. The molecule has 2 saturated carbocycles. The van der Waals surface area contributed by atoms with Gasteiger partial charge in [-0.05, 0) is 49.7 Å². The van der Waals surface area contributed by atoms with Crippen LogP contribution in [0.25, 0.3) is 0 Å². The third-order valence-electron chi connectivity index (χ3n) is 3.52. The maximum absolute atomic E-state index is 12.0. The van der Waals surface area contributed by atoms with Gasteiger partial charge in [0, 0.05) is 6.20 Å². The molecule has 2 aliphatic carbocycles. The van der Waals surface area contributed by atoms with Crippen LogP contribution in [-0.2, 0) is 9.47 Å². The van der Waals surface area contributed by atoms with Gasteiger partial charge in [0.2, 0.25) is 0 Å². The van der Waals surface area contributed by atoms with Crippen LogP contribution in [-0.4, -0.2) is 30.1 Å². The van der Waals surface area contributed by atoms with Gasteiger partial charge in [0.15, 0.2) is 5.69 Å². The summed E-state index contributed by atoms with van der Waals surface area (Å²) in [7, 11) is 0. The number of aromatic nitrogens is 1. The third-order valence-corrected chi connectivity index (χ3v) is 3.52. The van der Waals surface area contributed by atoms with E-state index in [0.29, 0.717) is 25.0 Å². The second-order valence-electron chi connectivity index (χ2n) is 5.48. The lowest BCUT2D eigenvalue weighted by molar-refractivity contribution is 0.0433. The van der Waals surface area contributed by atoms with Crippen molar-refractivity contribution in [1.29, 1.82) is 0 Å². The number of carbonyl (C=O) groups excluding carboxylic acids is 2. The number of ether oxygens (including phenoxy) is 2. The molecule has 2 aliphatic rings. The molecule has 0 atom stereocenters. The average Bonchev–Trinajstić information content (AvgIpc) is 3.36. The zero-order valence-corrected chi connectivity index (χ0v) is 11.2. The maximum Gasteiger partial charge on any atom is 0.357 e. The van der Waals surface area contributed by atoms with E-state index in [9.17, 15) is 9.59 Å². The number of pyridine rings is 1. The fraction of sp³-hybridized carbons (Fsp3) is 0.533. The van der Waals surface area contributed by atoms with E-state index < -0.39 is 11.9 Å². The summed E-state index contributed by atoms with van der Waals surface area (Å²) in [4.78, 5) is 27.9. The van der Waals surface area contributed by atoms with Crippen LogP contribution in [0.5, 0.6) is 0 Å². The molecule has 5 heteroatoms. The van der Waals surface area contributed by atoms with Crippen molar-refractivity contribution in [2.75, 3.05) is 13.2 Å². The zero-order chi connectivity index (χ0) is 13.9. The largest absolute Gasteiger partial charge is 0.462 e. The molecule has 3 rings (SSSR count). The number of carbonyl (C=O) groups is 2. The minimum absolute atomic E-state index is 0.0500. The van der Waals surface area contributed by atoms with E-state index in [4.69, 9.17) is 9.47 Å². The van der Waals surface area contributed by atoms with Gasteiger partial charge in [0.25, 0.3) is 0 Å². The molecule has 0 N–H and O–H groups in total. The monoisotopic (exact) mass is 275 g/mol. The van der Waals surface area contributed by atoms with Gasteiger partial charge in [0.1, 0.15) is 0 Å². The molecular weight excluding hydrogens is 258 g/mol. The first-order valence-electron chi connectivity index (χ1n) is 7.03. The van der Waals surface area contributed by atoms with Crippen molar-refractivity contribution in [3.05, 3.63) is 29.6 Å². The van der Waals surface area contributed by atoms with Crippen LogP contribution in [0.4, 0.5) is 0 Å². The Labute approximate surface area is 117 Å². The summed E-state index contributed by atoms with van der Waals surface area (Å²) >= 11 is 0. The molecule has 1 aromatic rings. The molecule has 0 aliphatic heterocycles. The predicted octanol–water partition coefficient (Wildman–Crippen LogP) is 2.22. The molecular formula is C15H17NO4. The lowest BCUT2D eigenvalue weighted by Crippen LogP contribution is -2.17. The van der Waals surface area contributed by atoms with E-state index in [2.05, 4.69) is 4.98 Å². The highest BCUT2D eigenvalue weighted by atomic mass is 16.5. The summed E-state index contributed by atoms with van der Waals surface area (Å²) in [5, 5.41) is 0. The van der Waals surface area contributed by atoms with Crippen LogP contribution in [0.3, 0.4) is 0 Å². The molecule has 0 amide bonds. The van der Waals surface area contributed by atoms with E-state index in [0.717, 1.165) is 25.7 Å². The van der Waals surface area contributed by atoms with Crippen molar-refractivity contribution < 1.29 is 19.1 Å². The number of nitrogens with zero attached hydrogens (tertiary/aromatic N) is 1. The van der Waals surface area contributed by atoms with Gasteiger partial charge in [-0.1, -0.05) is 0 Å². The quantitative estimate of drug-likeness (QED) is 0.745. The molecule has 0 radical (unpaired) electrons. The fourth-order valence-electron chi connectivity index (χ4n) is 1.83. The molecule has 0 saturated heterocycles. The first-order chi connectivity index (χ1) is 9.74. The number of hydrogen-bond donors (Lipinski definition) is 0. The number of rotatable bonds is 6. The SMILES string of the molecule is O=C(OCC1CC1)c1cccnc1C(=O)OCC1CC1. The van der Waals surface area contributed by atoms with Crippen LogP contribution in [0.1, 0.15) is 46.5 Å². The molecule has 2 fully saturated rings. The molecule has 0 unspecified atom stereocenters. The van der Waals surface area contributed by atoms with Crippen molar-refractivity contribution in [2.24, 2.45) is 11.8 Å². The Bertz CT molecular complexity index is 473. The number of hydrogen-bond acceptors (Lipinski definition) is 5. The molecule has 20 heavy (non-hydrogen) atoms. The zero-order valence-electron chi connectivity index (χ0n) is 11.2. The summed E-state index contributed by atoms with van der Waals surface area (Å²) in [5.41, 5.74) is 0.239. The van der Waals surface area contributed by atoms with Crippen LogP contribution in [0, 0.1) is 11.8 Å². The van der Waals surface area contributed by atoms with Gasteiger partial charge in [-0.3, -0.25) is 0 Å². The summed E-state index contributed by atoms with van der Waals surface area (Å²) < 4.78 is 10.4. The van der Waals surface area contributed by atoms with Crippen LogP contribution in [0.2, 0.25) is 0 Å². The molecule has 1 heterocycles. The number of esters is 2. The standard InChI is InChI=1S/C15H17NO4/c17-14(19-8-10-3-4-10)12-2-1-7-16-13(12)15(18)20-9-11-5-6-11/h1-2,7,10-11H,3-6,8-9H2. The summed E-state index contributed by atoms with van der Waals surface area (Å²) in [6, 6.07) is 3.17. The highest BCUT2D eigenvalue weighted by Crippen LogP contribution is 2.30. The van der Waals surface area contributed by atoms with Crippen molar-refractivity contribution in [1.82, 2.24) is 4.98 Å². The Morgan fingerprint density at radius 1 is 1.05 bits per heavy atom. The Morgan fingerprint density at radius 2 is 1.65 bits per heavy atom. The summed E-state index contributed by atoms with van der Waals surface area (Å²) in [6.45, 7) is 0.830. The highest BCUT2D eigenvalue weighted by Gasteiger charge is 2.27. The van der Waals surface area contributed by atoms with Gasteiger partial charge < -0.3 is 9.47 Å². The Kier molecular flexibility index (Phi) is 3.67. The molecule has 0 spiro atoms. The van der Waals surface area contributed by atoms with Crippen molar-refractivity contribution in [3.63, 3.8) is 0 Å². The van der Waals surface area contributed by atoms with Gasteiger partial charge >= 0.3 is 11.9 Å². The van der Waals surface area contributed by atoms with Gasteiger partial charge in [-0.25, -0.2) is 14.6 Å². The average molecular weight is 275 g/mol. The van der Waals surface area contributed by atoms with Crippen LogP contribution in [0.15, 0.2) is 18.3 Å². The summed E-state index contributed by atoms with van der Waals surface area (Å²) in [5.74, 6) is -0.0759. The van der Waals surface area contributed by atoms with Gasteiger partial charge in [0.05, 0.1) is 18.8 Å². The first-order valence-corrected chi connectivity index (χ1v) is 7.03. The molecule has 1 aromatic heterocycles. The van der Waals surface area contributed by atoms with Crippen LogP contribution >= 0.6 is 0 Å². The minimum Gasteiger partial charge on any atom is -0.462 e. The molecule has 0 bridgehead atoms. The second-order valence-corrected chi connectivity index (χ2v) is 5.48. The lowest BCUT2D eigenvalue weighted by atomic mass is 10.2. The fourth-order valence-corrected chi connectivity index (χ4v) is 1.83. The van der Waals surface area contributed by atoms with E-state index in [1.54, 1.807) is 12.1 Å². The lowest BCUT2D eigenvalue weighted by Gasteiger charge is -2.08.